The molecule has 29 heavy (non-hydrogen) atoms. The molecule has 2 aliphatic rings. The van der Waals surface area contributed by atoms with Gasteiger partial charge in [-0.1, -0.05) is 17.3 Å². The average molecular weight is 396 g/mol. The number of oxime groups is 1. The van der Waals surface area contributed by atoms with Crippen LogP contribution in [-0.2, 0) is 16.9 Å². The Bertz CT molecular complexity index is 871. The summed E-state index contributed by atoms with van der Waals surface area (Å²) in [5.41, 5.74) is 3.63. The minimum Gasteiger partial charge on any atom is -0.493 e. The standard InChI is InChI=1S/C23H29N3O3/c1-26-12-10-23(18-6-7-20(27-2)21(13-18)28-3)9-8-19(14-22(23)26)25-29-16-17-5-4-11-24-15-17/h4-7,11,13,15,22H,8-10,12,14,16H2,1-3H3/t22-,23-/m0/s1. The van der Waals surface area contributed by atoms with Crippen LogP contribution < -0.4 is 9.47 Å². The second kappa shape index (κ2) is 8.41. The predicted molar refractivity (Wildman–Crippen MR) is 113 cm³/mol. The van der Waals surface area contributed by atoms with E-state index in [4.69, 9.17) is 14.3 Å². The zero-order chi connectivity index (χ0) is 20.3. The Kier molecular flexibility index (Phi) is 5.72. The molecule has 2 fully saturated rings. The number of benzene rings is 1. The van der Waals surface area contributed by atoms with Crippen molar-refractivity contribution in [3.63, 3.8) is 0 Å². The van der Waals surface area contributed by atoms with Crippen molar-refractivity contribution in [3.05, 3.63) is 53.9 Å². The zero-order valence-corrected chi connectivity index (χ0v) is 17.4. The highest BCUT2D eigenvalue weighted by molar-refractivity contribution is 5.86. The van der Waals surface area contributed by atoms with Crippen molar-refractivity contribution in [3.8, 4) is 11.5 Å². The summed E-state index contributed by atoms with van der Waals surface area (Å²) < 4.78 is 11.0. The van der Waals surface area contributed by atoms with Crippen LogP contribution >= 0.6 is 0 Å². The van der Waals surface area contributed by atoms with Gasteiger partial charge in [-0.3, -0.25) is 4.98 Å². The Morgan fingerprint density at radius 3 is 2.79 bits per heavy atom. The SMILES string of the molecule is COc1ccc([C@@]23CCC(=NOCc4cccnc4)C[C@@H]2N(C)CC3)cc1OC. The third-order valence-corrected chi connectivity index (χ3v) is 6.48. The van der Waals surface area contributed by atoms with Crippen molar-refractivity contribution in [2.24, 2.45) is 5.16 Å². The van der Waals surface area contributed by atoms with Gasteiger partial charge in [-0.05, 0) is 56.6 Å². The van der Waals surface area contributed by atoms with Crippen LogP contribution in [0.25, 0.3) is 0 Å². The Balaban J connectivity index is 1.52. The number of likely N-dealkylation sites (N-methyl/N-ethyl adjacent to an activating group) is 1. The fourth-order valence-corrected chi connectivity index (χ4v) is 4.85. The van der Waals surface area contributed by atoms with Gasteiger partial charge in [-0.15, -0.1) is 0 Å². The smallest absolute Gasteiger partial charge is 0.161 e. The molecule has 6 nitrogen and oxygen atoms in total. The van der Waals surface area contributed by atoms with E-state index in [2.05, 4.69) is 34.2 Å². The van der Waals surface area contributed by atoms with E-state index >= 15 is 0 Å². The van der Waals surface area contributed by atoms with Gasteiger partial charge < -0.3 is 19.2 Å². The fraction of sp³-hybridized carbons (Fsp3) is 0.478. The summed E-state index contributed by atoms with van der Waals surface area (Å²) in [7, 11) is 5.59. The molecule has 1 saturated heterocycles. The zero-order valence-electron chi connectivity index (χ0n) is 17.4. The molecule has 1 aliphatic carbocycles. The fourth-order valence-electron chi connectivity index (χ4n) is 4.85. The average Bonchev–Trinajstić information content (AvgIpc) is 3.11. The van der Waals surface area contributed by atoms with E-state index in [0.717, 1.165) is 55.0 Å². The summed E-state index contributed by atoms with van der Waals surface area (Å²) in [6, 6.07) is 10.7. The van der Waals surface area contributed by atoms with E-state index in [9.17, 15) is 0 Å². The molecule has 0 bridgehead atoms. The molecule has 0 radical (unpaired) electrons. The lowest BCUT2D eigenvalue weighted by molar-refractivity contribution is 0.125. The minimum atomic E-state index is 0.122. The molecule has 1 saturated carbocycles. The van der Waals surface area contributed by atoms with E-state index < -0.39 is 0 Å². The van der Waals surface area contributed by atoms with Gasteiger partial charge in [0, 0.05) is 35.8 Å². The van der Waals surface area contributed by atoms with Gasteiger partial charge in [0.25, 0.3) is 0 Å². The highest BCUT2D eigenvalue weighted by Crippen LogP contribution is 2.49. The molecule has 0 unspecified atom stereocenters. The summed E-state index contributed by atoms with van der Waals surface area (Å²) in [5, 5.41) is 4.48. The largest absolute Gasteiger partial charge is 0.493 e. The van der Waals surface area contributed by atoms with Crippen molar-refractivity contribution in [1.82, 2.24) is 9.88 Å². The molecule has 6 heteroatoms. The first-order valence-corrected chi connectivity index (χ1v) is 10.2. The molecule has 4 rings (SSSR count). The van der Waals surface area contributed by atoms with Gasteiger partial charge in [0.2, 0.25) is 0 Å². The second-order valence-corrected chi connectivity index (χ2v) is 7.97. The number of aromatic nitrogens is 1. The third kappa shape index (κ3) is 3.81. The molecule has 2 aromatic rings. The topological polar surface area (TPSA) is 56.2 Å². The molecule has 2 atom stereocenters. The number of ether oxygens (including phenoxy) is 2. The molecule has 0 amide bonds. The van der Waals surface area contributed by atoms with E-state index in [1.807, 2.05) is 24.4 Å². The van der Waals surface area contributed by atoms with Crippen molar-refractivity contribution in [2.45, 2.75) is 43.7 Å². The lowest BCUT2D eigenvalue weighted by Gasteiger charge is -2.42. The van der Waals surface area contributed by atoms with Crippen molar-refractivity contribution in [2.75, 3.05) is 27.8 Å². The number of methoxy groups -OCH3 is 2. The van der Waals surface area contributed by atoms with Crippen LogP contribution in [0.4, 0.5) is 0 Å². The maximum absolute atomic E-state index is 5.64. The summed E-state index contributed by atoms with van der Waals surface area (Å²) in [6.07, 6.45) is 7.66. The van der Waals surface area contributed by atoms with Crippen molar-refractivity contribution in [1.29, 1.82) is 0 Å². The summed E-state index contributed by atoms with van der Waals surface area (Å²) in [5.74, 6) is 1.57. The van der Waals surface area contributed by atoms with E-state index in [0.29, 0.717) is 12.6 Å². The van der Waals surface area contributed by atoms with Crippen LogP contribution in [-0.4, -0.2) is 49.4 Å². The number of hydrogen-bond acceptors (Lipinski definition) is 6. The first kappa shape index (κ1) is 19.7. The lowest BCUT2D eigenvalue weighted by atomic mass is 9.65. The monoisotopic (exact) mass is 395 g/mol. The summed E-state index contributed by atoms with van der Waals surface area (Å²) in [6.45, 7) is 1.54. The highest BCUT2D eigenvalue weighted by Gasteiger charge is 2.50. The van der Waals surface area contributed by atoms with Gasteiger partial charge in [0.15, 0.2) is 11.5 Å². The molecule has 2 heterocycles. The number of pyridine rings is 1. The second-order valence-electron chi connectivity index (χ2n) is 7.97. The number of fused-ring (bicyclic) bond motifs is 1. The van der Waals surface area contributed by atoms with Crippen LogP contribution in [0, 0.1) is 0 Å². The highest BCUT2D eigenvalue weighted by atomic mass is 16.6. The Morgan fingerprint density at radius 1 is 1.17 bits per heavy atom. The van der Waals surface area contributed by atoms with E-state index in [-0.39, 0.29) is 5.41 Å². The van der Waals surface area contributed by atoms with Gasteiger partial charge in [-0.25, -0.2) is 0 Å². The van der Waals surface area contributed by atoms with Gasteiger partial charge in [0.1, 0.15) is 6.61 Å². The summed E-state index contributed by atoms with van der Waals surface area (Å²) >= 11 is 0. The number of hydrogen-bond donors (Lipinski definition) is 0. The van der Waals surface area contributed by atoms with Gasteiger partial charge in [0.05, 0.1) is 19.9 Å². The lowest BCUT2D eigenvalue weighted by Crippen LogP contribution is -2.46. The van der Waals surface area contributed by atoms with Crippen LogP contribution in [0.15, 0.2) is 47.9 Å². The molecule has 1 aromatic carbocycles. The maximum Gasteiger partial charge on any atom is 0.161 e. The molecular formula is C23H29N3O3. The minimum absolute atomic E-state index is 0.122. The van der Waals surface area contributed by atoms with Crippen LogP contribution in [0.5, 0.6) is 11.5 Å². The quantitative estimate of drug-likeness (QED) is 0.697. The molecule has 1 aliphatic heterocycles. The normalized spacial score (nSPS) is 25.6. The van der Waals surface area contributed by atoms with E-state index in [1.165, 1.54) is 5.56 Å². The molecular weight excluding hydrogens is 366 g/mol. The first-order valence-electron chi connectivity index (χ1n) is 10.2. The first-order chi connectivity index (χ1) is 14.2. The third-order valence-electron chi connectivity index (χ3n) is 6.48. The van der Waals surface area contributed by atoms with Crippen molar-refractivity contribution < 1.29 is 14.3 Å². The molecule has 0 N–H and O–H groups in total. The van der Waals surface area contributed by atoms with Crippen molar-refractivity contribution >= 4 is 5.71 Å². The Morgan fingerprint density at radius 2 is 2.03 bits per heavy atom. The Labute approximate surface area is 172 Å². The number of likely N-dealkylation sites (tertiary alicyclic amines) is 1. The molecule has 0 spiro atoms. The van der Waals surface area contributed by atoms with Crippen LogP contribution in [0.3, 0.4) is 0 Å². The van der Waals surface area contributed by atoms with Crippen LogP contribution in [0.1, 0.15) is 36.8 Å². The Hall–Kier alpha value is -2.60. The summed E-state index contributed by atoms with van der Waals surface area (Å²) in [4.78, 5) is 12.2. The van der Waals surface area contributed by atoms with Crippen LogP contribution in [0.2, 0.25) is 0 Å². The number of rotatable bonds is 6. The van der Waals surface area contributed by atoms with E-state index in [1.54, 1.807) is 20.4 Å². The maximum atomic E-state index is 5.64. The van der Waals surface area contributed by atoms with Gasteiger partial charge in [-0.2, -0.15) is 0 Å². The molecule has 1 aromatic heterocycles. The predicted octanol–water partition coefficient (Wildman–Crippen LogP) is 3.80. The molecule has 154 valence electrons. The number of nitrogens with zero attached hydrogens (tertiary/aromatic N) is 3. The van der Waals surface area contributed by atoms with Gasteiger partial charge >= 0.3 is 0 Å².